The summed E-state index contributed by atoms with van der Waals surface area (Å²) in [4.78, 5) is 11.8. The standard InChI is InChI=1S/C17H17ClN2O3/c1-11-9-14(18)5-8-16(11)23-10-17(22)20-19-12(2)13-3-6-15(21)7-4-13/h3-9,21H,10H2,1-2H3,(H,20,22). The Bertz CT molecular complexity index is 727. The summed E-state index contributed by atoms with van der Waals surface area (Å²) in [7, 11) is 0. The van der Waals surface area contributed by atoms with Crippen LogP contribution >= 0.6 is 11.6 Å². The summed E-state index contributed by atoms with van der Waals surface area (Å²) in [6.07, 6.45) is 0. The molecule has 0 atom stereocenters. The number of hydrazone groups is 1. The van der Waals surface area contributed by atoms with Gasteiger partial charge in [-0.3, -0.25) is 4.79 Å². The normalized spacial score (nSPS) is 11.2. The van der Waals surface area contributed by atoms with E-state index in [0.717, 1.165) is 11.1 Å². The van der Waals surface area contributed by atoms with Crippen LogP contribution in [0.15, 0.2) is 47.6 Å². The van der Waals surface area contributed by atoms with E-state index in [1.165, 1.54) is 0 Å². The minimum absolute atomic E-state index is 0.144. The van der Waals surface area contributed by atoms with Gasteiger partial charge in [0.1, 0.15) is 11.5 Å². The van der Waals surface area contributed by atoms with Crippen LogP contribution in [0, 0.1) is 6.92 Å². The van der Waals surface area contributed by atoms with Crippen LogP contribution in [0.4, 0.5) is 0 Å². The van der Waals surface area contributed by atoms with Gasteiger partial charge in [0, 0.05) is 5.02 Å². The number of aromatic hydroxyl groups is 1. The molecule has 2 rings (SSSR count). The molecule has 0 aliphatic carbocycles. The first kappa shape index (κ1) is 16.8. The second kappa shape index (κ2) is 7.65. The number of carbonyl (C=O) groups excluding carboxylic acids is 1. The fourth-order valence-corrected chi connectivity index (χ4v) is 2.09. The van der Waals surface area contributed by atoms with Gasteiger partial charge in [0.15, 0.2) is 6.61 Å². The van der Waals surface area contributed by atoms with Crippen LogP contribution in [0.2, 0.25) is 5.02 Å². The van der Waals surface area contributed by atoms with Gasteiger partial charge in [-0.05, 0) is 67.4 Å². The van der Waals surface area contributed by atoms with Crippen molar-refractivity contribution in [3.05, 3.63) is 58.6 Å². The van der Waals surface area contributed by atoms with E-state index in [0.29, 0.717) is 16.5 Å². The quantitative estimate of drug-likeness (QED) is 0.652. The number of phenolic OH excluding ortho intramolecular Hbond substituents is 1. The average Bonchev–Trinajstić information content (AvgIpc) is 2.52. The summed E-state index contributed by atoms with van der Waals surface area (Å²) in [6, 6.07) is 11.7. The molecular weight excluding hydrogens is 316 g/mol. The number of halogens is 1. The average molecular weight is 333 g/mol. The van der Waals surface area contributed by atoms with Crippen molar-refractivity contribution in [2.45, 2.75) is 13.8 Å². The first-order valence-corrected chi connectivity index (χ1v) is 7.35. The number of ether oxygens (including phenoxy) is 1. The maximum Gasteiger partial charge on any atom is 0.277 e. The molecule has 23 heavy (non-hydrogen) atoms. The fourth-order valence-electron chi connectivity index (χ4n) is 1.86. The van der Waals surface area contributed by atoms with E-state index in [1.54, 1.807) is 49.4 Å². The van der Waals surface area contributed by atoms with Gasteiger partial charge >= 0.3 is 0 Å². The lowest BCUT2D eigenvalue weighted by molar-refractivity contribution is -0.123. The van der Waals surface area contributed by atoms with Gasteiger partial charge in [-0.2, -0.15) is 5.10 Å². The lowest BCUT2D eigenvalue weighted by atomic mass is 10.1. The third kappa shape index (κ3) is 5.00. The van der Waals surface area contributed by atoms with Gasteiger partial charge in [0.25, 0.3) is 5.91 Å². The Morgan fingerprint density at radius 3 is 2.61 bits per heavy atom. The molecule has 0 heterocycles. The van der Waals surface area contributed by atoms with Gasteiger partial charge in [0.05, 0.1) is 5.71 Å². The van der Waals surface area contributed by atoms with E-state index in [9.17, 15) is 9.90 Å². The minimum Gasteiger partial charge on any atom is -0.508 e. The molecule has 2 aromatic rings. The molecule has 0 unspecified atom stereocenters. The van der Waals surface area contributed by atoms with Crippen LogP contribution in [0.1, 0.15) is 18.1 Å². The van der Waals surface area contributed by atoms with Gasteiger partial charge in [-0.15, -0.1) is 0 Å². The molecule has 0 aromatic heterocycles. The zero-order valence-corrected chi connectivity index (χ0v) is 13.6. The highest BCUT2D eigenvalue weighted by molar-refractivity contribution is 6.30. The number of nitrogens with zero attached hydrogens (tertiary/aromatic N) is 1. The fraction of sp³-hybridized carbons (Fsp3) is 0.176. The Kier molecular flexibility index (Phi) is 5.60. The van der Waals surface area contributed by atoms with E-state index in [1.807, 2.05) is 6.92 Å². The lowest BCUT2D eigenvalue weighted by Crippen LogP contribution is -2.25. The van der Waals surface area contributed by atoms with E-state index >= 15 is 0 Å². The molecule has 0 fully saturated rings. The van der Waals surface area contributed by atoms with Crippen LogP contribution in [-0.2, 0) is 4.79 Å². The SMILES string of the molecule is CC(=NNC(=O)COc1ccc(Cl)cc1C)c1ccc(O)cc1. The number of carbonyl (C=O) groups is 1. The zero-order valence-electron chi connectivity index (χ0n) is 12.8. The summed E-state index contributed by atoms with van der Waals surface area (Å²) in [5.74, 6) is 0.415. The van der Waals surface area contributed by atoms with Crippen LogP contribution in [0.25, 0.3) is 0 Å². The van der Waals surface area contributed by atoms with Gasteiger partial charge in [-0.25, -0.2) is 5.43 Å². The van der Waals surface area contributed by atoms with Crippen LogP contribution in [-0.4, -0.2) is 23.3 Å². The number of benzene rings is 2. The molecular formula is C17H17ClN2O3. The summed E-state index contributed by atoms with van der Waals surface area (Å²) < 4.78 is 5.43. The Hall–Kier alpha value is -2.53. The number of hydrogen-bond acceptors (Lipinski definition) is 4. The van der Waals surface area contributed by atoms with E-state index in [-0.39, 0.29) is 18.3 Å². The van der Waals surface area contributed by atoms with Crippen molar-refractivity contribution in [2.24, 2.45) is 5.10 Å². The molecule has 5 nitrogen and oxygen atoms in total. The maximum absolute atomic E-state index is 11.8. The third-order valence-corrected chi connectivity index (χ3v) is 3.36. The highest BCUT2D eigenvalue weighted by Crippen LogP contribution is 2.21. The van der Waals surface area contributed by atoms with Crippen LogP contribution in [0.5, 0.6) is 11.5 Å². The second-order valence-electron chi connectivity index (χ2n) is 4.98. The Morgan fingerprint density at radius 2 is 1.96 bits per heavy atom. The van der Waals surface area contributed by atoms with Gasteiger partial charge in [0.2, 0.25) is 0 Å². The second-order valence-corrected chi connectivity index (χ2v) is 5.41. The lowest BCUT2D eigenvalue weighted by Gasteiger charge is -2.08. The maximum atomic E-state index is 11.8. The highest BCUT2D eigenvalue weighted by Gasteiger charge is 2.05. The van der Waals surface area contributed by atoms with Crippen molar-refractivity contribution < 1.29 is 14.6 Å². The number of aryl methyl sites for hydroxylation is 1. The molecule has 2 N–H and O–H groups in total. The number of phenols is 1. The van der Waals surface area contributed by atoms with Gasteiger partial charge in [-0.1, -0.05) is 11.6 Å². The van der Waals surface area contributed by atoms with Crippen molar-refractivity contribution in [2.75, 3.05) is 6.61 Å². The zero-order chi connectivity index (χ0) is 16.8. The molecule has 0 saturated heterocycles. The monoisotopic (exact) mass is 332 g/mol. The highest BCUT2D eigenvalue weighted by atomic mass is 35.5. The topological polar surface area (TPSA) is 70.9 Å². The number of nitrogens with one attached hydrogen (secondary N) is 1. The van der Waals surface area contributed by atoms with Crippen LogP contribution in [0.3, 0.4) is 0 Å². The molecule has 1 amide bonds. The number of hydrogen-bond donors (Lipinski definition) is 2. The summed E-state index contributed by atoms with van der Waals surface area (Å²) in [5, 5.41) is 13.9. The molecule has 0 aliphatic heterocycles. The summed E-state index contributed by atoms with van der Waals surface area (Å²) in [6.45, 7) is 3.47. The molecule has 6 heteroatoms. The van der Waals surface area contributed by atoms with Crippen molar-refractivity contribution in [3.63, 3.8) is 0 Å². The van der Waals surface area contributed by atoms with Crippen molar-refractivity contribution in [1.29, 1.82) is 0 Å². The van der Waals surface area contributed by atoms with Crippen molar-refractivity contribution >= 4 is 23.2 Å². The Balaban J connectivity index is 1.89. The Morgan fingerprint density at radius 1 is 1.26 bits per heavy atom. The number of rotatable bonds is 5. The smallest absolute Gasteiger partial charge is 0.277 e. The largest absolute Gasteiger partial charge is 0.508 e. The first-order chi connectivity index (χ1) is 11.0. The molecule has 120 valence electrons. The molecule has 2 aromatic carbocycles. The predicted molar refractivity (Wildman–Crippen MR) is 90.1 cm³/mol. The molecule has 0 spiro atoms. The predicted octanol–water partition coefficient (Wildman–Crippen LogP) is 3.27. The van der Waals surface area contributed by atoms with Crippen molar-refractivity contribution in [3.8, 4) is 11.5 Å². The van der Waals surface area contributed by atoms with Crippen LogP contribution < -0.4 is 10.2 Å². The molecule has 0 aliphatic rings. The molecule has 0 saturated carbocycles. The van der Waals surface area contributed by atoms with Crippen molar-refractivity contribution in [1.82, 2.24) is 5.43 Å². The minimum atomic E-state index is -0.363. The van der Waals surface area contributed by atoms with E-state index < -0.39 is 0 Å². The summed E-state index contributed by atoms with van der Waals surface area (Å²) >= 11 is 5.86. The van der Waals surface area contributed by atoms with E-state index in [4.69, 9.17) is 16.3 Å². The third-order valence-electron chi connectivity index (χ3n) is 3.13. The molecule has 0 bridgehead atoms. The number of amides is 1. The van der Waals surface area contributed by atoms with Gasteiger partial charge < -0.3 is 9.84 Å². The molecule has 0 radical (unpaired) electrons. The summed E-state index contributed by atoms with van der Waals surface area (Å²) in [5.41, 5.74) is 4.72. The van der Waals surface area contributed by atoms with E-state index in [2.05, 4.69) is 10.5 Å². The Labute approximate surface area is 139 Å². The first-order valence-electron chi connectivity index (χ1n) is 6.97.